The number of hydrogen-bond donors (Lipinski definition) is 2. The summed E-state index contributed by atoms with van der Waals surface area (Å²) in [6, 6.07) is 14.8. The van der Waals surface area contributed by atoms with Gasteiger partial charge in [-0.1, -0.05) is 39.7 Å². The number of aromatic nitrogens is 5. The molecule has 0 aliphatic carbocycles. The van der Waals surface area contributed by atoms with E-state index in [4.69, 9.17) is 11.6 Å². The third kappa shape index (κ3) is 3.76. The van der Waals surface area contributed by atoms with Gasteiger partial charge in [-0.15, -0.1) is 5.10 Å². The molecule has 1 amide bonds. The average Bonchev–Trinajstić information content (AvgIpc) is 3.33. The van der Waals surface area contributed by atoms with E-state index < -0.39 is 0 Å². The smallest absolute Gasteiger partial charge is 0.261 e. The molecule has 0 spiro atoms. The molecule has 27 heavy (non-hydrogen) atoms. The fraction of sp³-hybridized carbons (Fsp3) is 0. The summed E-state index contributed by atoms with van der Waals surface area (Å²) >= 11 is 9.54. The van der Waals surface area contributed by atoms with Crippen LogP contribution in [-0.2, 0) is 0 Å². The highest BCUT2D eigenvalue weighted by atomic mass is 79.9. The van der Waals surface area contributed by atoms with Crippen molar-refractivity contribution in [2.75, 3.05) is 5.32 Å². The van der Waals surface area contributed by atoms with Crippen LogP contribution in [0.4, 0.5) is 5.95 Å². The van der Waals surface area contributed by atoms with Crippen LogP contribution in [0.1, 0.15) is 10.4 Å². The standard InChI is InChI=1S/C18H12BrClN6O/c19-12-5-7-13(8-6-12)26-10-11(9-21-26)17(27)23-18-22-16(24-25-18)14-3-1-2-4-15(14)20/h1-10H,(H2,22,23,24,25,27). The first-order valence-electron chi connectivity index (χ1n) is 7.89. The number of carbonyl (C=O) groups excluding carboxylic acids is 1. The predicted octanol–water partition coefficient (Wildman–Crippen LogP) is 4.33. The third-order valence-corrected chi connectivity index (χ3v) is 4.63. The molecule has 9 heteroatoms. The van der Waals surface area contributed by atoms with Crippen LogP contribution in [0.25, 0.3) is 17.1 Å². The highest BCUT2D eigenvalue weighted by molar-refractivity contribution is 9.10. The highest BCUT2D eigenvalue weighted by Crippen LogP contribution is 2.25. The topological polar surface area (TPSA) is 88.5 Å². The summed E-state index contributed by atoms with van der Waals surface area (Å²) in [4.78, 5) is 16.7. The molecule has 134 valence electrons. The zero-order valence-corrected chi connectivity index (χ0v) is 16.1. The maximum absolute atomic E-state index is 12.4. The van der Waals surface area contributed by atoms with Crippen molar-refractivity contribution in [1.82, 2.24) is 25.0 Å². The Hall–Kier alpha value is -2.97. The van der Waals surface area contributed by atoms with Crippen molar-refractivity contribution in [3.05, 3.63) is 76.0 Å². The fourth-order valence-electron chi connectivity index (χ4n) is 2.44. The molecule has 0 bridgehead atoms. The van der Waals surface area contributed by atoms with E-state index in [1.54, 1.807) is 16.9 Å². The van der Waals surface area contributed by atoms with Gasteiger partial charge < -0.3 is 0 Å². The Kier molecular flexibility index (Phi) is 4.74. The van der Waals surface area contributed by atoms with E-state index in [1.807, 2.05) is 42.5 Å². The first kappa shape index (κ1) is 17.4. The van der Waals surface area contributed by atoms with Crippen molar-refractivity contribution in [2.24, 2.45) is 0 Å². The van der Waals surface area contributed by atoms with Crippen molar-refractivity contribution in [2.45, 2.75) is 0 Å². The quantitative estimate of drug-likeness (QED) is 0.491. The van der Waals surface area contributed by atoms with E-state index in [-0.39, 0.29) is 11.9 Å². The lowest BCUT2D eigenvalue weighted by atomic mass is 10.2. The number of benzene rings is 2. The van der Waals surface area contributed by atoms with Crippen LogP contribution in [0.2, 0.25) is 5.02 Å². The van der Waals surface area contributed by atoms with Crippen molar-refractivity contribution < 1.29 is 4.79 Å². The monoisotopic (exact) mass is 442 g/mol. The second kappa shape index (κ2) is 7.34. The number of amides is 1. The maximum atomic E-state index is 12.4. The molecule has 0 aliphatic heterocycles. The number of hydrogen-bond acceptors (Lipinski definition) is 4. The van der Waals surface area contributed by atoms with E-state index in [0.717, 1.165) is 10.2 Å². The van der Waals surface area contributed by atoms with Crippen LogP contribution in [0.5, 0.6) is 0 Å². The number of H-pyrrole nitrogens is 1. The lowest BCUT2D eigenvalue weighted by molar-refractivity contribution is 0.102. The van der Waals surface area contributed by atoms with Gasteiger partial charge in [0.25, 0.3) is 5.91 Å². The minimum Gasteiger partial charge on any atom is -0.289 e. The summed E-state index contributed by atoms with van der Waals surface area (Å²) in [6.07, 6.45) is 3.12. The molecule has 0 saturated carbocycles. The minimum absolute atomic E-state index is 0.159. The van der Waals surface area contributed by atoms with Crippen LogP contribution in [-0.4, -0.2) is 30.9 Å². The molecule has 2 heterocycles. The van der Waals surface area contributed by atoms with Crippen LogP contribution in [0, 0.1) is 0 Å². The number of nitrogens with zero attached hydrogens (tertiary/aromatic N) is 4. The van der Waals surface area contributed by atoms with Crippen LogP contribution >= 0.6 is 27.5 Å². The van der Waals surface area contributed by atoms with Crippen LogP contribution < -0.4 is 5.32 Å². The largest absolute Gasteiger partial charge is 0.289 e. The van der Waals surface area contributed by atoms with Gasteiger partial charge >= 0.3 is 0 Å². The highest BCUT2D eigenvalue weighted by Gasteiger charge is 2.14. The van der Waals surface area contributed by atoms with Crippen molar-refractivity contribution >= 4 is 39.4 Å². The second-order valence-corrected chi connectivity index (χ2v) is 6.91. The van der Waals surface area contributed by atoms with Gasteiger partial charge in [-0.25, -0.2) is 4.68 Å². The molecule has 0 unspecified atom stereocenters. The SMILES string of the molecule is O=C(Nc1n[nH]c(-c2ccccc2Cl)n1)c1cnn(-c2ccc(Br)cc2)c1. The summed E-state index contributed by atoms with van der Waals surface area (Å²) in [5, 5.41) is 14.2. The predicted molar refractivity (Wildman–Crippen MR) is 106 cm³/mol. The number of aromatic amines is 1. The summed E-state index contributed by atoms with van der Waals surface area (Å²) in [6.45, 7) is 0. The van der Waals surface area contributed by atoms with Gasteiger partial charge in [0, 0.05) is 16.2 Å². The van der Waals surface area contributed by atoms with Gasteiger partial charge in [-0.3, -0.25) is 15.2 Å². The zero-order valence-electron chi connectivity index (χ0n) is 13.7. The Morgan fingerprint density at radius 3 is 2.70 bits per heavy atom. The molecule has 2 aromatic carbocycles. The molecule has 0 radical (unpaired) electrons. The number of halogens is 2. The van der Waals surface area contributed by atoms with Gasteiger partial charge in [-0.2, -0.15) is 10.1 Å². The van der Waals surface area contributed by atoms with Crippen molar-refractivity contribution in [3.8, 4) is 17.1 Å². The van der Waals surface area contributed by atoms with Crippen molar-refractivity contribution in [3.63, 3.8) is 0 Å². The molecule has 0 atom stereocenters. The average molecular weight is 444 g/mol. The molecule has 2 N–H and O–H groups in total. The Morgan fingerprint density at radius 2 is 1.93 bits per heavy atom. The number of rotatable bonds is 4. The molecule has 4 aromatic rings. The minimum atomic E-state index is -0.358. The van der Waals surface area contributed by atoms with E-state index in [1.165, 1.54) is 6.20 Å². The molecule has 0 saturated heterocycles. The van der Waals surface area contributed by atoms with Crippen molar-refractivity contribution in [1.29, 1.82) is 0 Å². The lowest BCUT2D eigenvalue weighted by Gasteiger charge is -2.00. The summed E-state index contributed by atoms with van der Waals surface area (Å²) in [5.41, 5.74) is 1.94. The third-order valence-electron chi connectivity index (χ3n) is 3.78. The Bertz CT molecular complexity index is 1110. The Balaban J connectivity index is 1.50. The van der Waals surface area contributed by atoms with Crippen LogP contribution in [0.3, 0.4) is 0 Å². The Labute approximate surface area is 167 Å². The first-order valence-corrected chi connectivity index (χ1v) is 9.06. The van der Waals surface area contributed by atoms with Gasteiger partial charge in [0.05, 0.1) is 22.5 Å². The zero-order chi connectivity index (χ0) is 18.8. The normalized spacial score (nSPS) is 10.7. The van der Waals surface area contributed by atoms with Crippen LogP contribution in [0.15, 0.2) is 65.4 Å². The molecule has 7 nitrogen and oxygen atoms in total. The van der Waals surface area contributed by atoms with Gasteiger partial charge in [0.15, 0.2) is 5.82 Å². The summed E-state index contributed by atoms with van der Waals surface area (Å²) in [7, 11) is 0. The van der Waals surface area contributed by atoms with E-state index in [0.29, 0.717) is 22.0 Å². The number of anilines is 1. The van der Waals surface area contributed by atoms with Gasteiger partial charge in [0.2, 0.25) is 5.95 Å². The molecular weight excluding hydrogens is 432 g/mol. The summed E-state index contributed by atoms with van der Waals surface area (Å²) < 4.78 is 2.59. The van der Waals surface area contributed by atoms with Gasteiger partial charge in [-0.05, 0) is 36.4 Å². The van der Waals surface area contributed by atoms with E-state index in [2.05, 4.69) is 41.5 Å². The molecule has 2 aromatic heterocycles. The summed E-state index contributed by atoms with van der Waals surface area (Å²) in [5.74, 6) is 0.274. The molecule has 0 fully saturated rings. The Morgan fingerprint density at radius 1 is 1.15 bits per heavy atom. The number of nitrogens with one attached hydrogen (secondary N) is 2. The van der Waals surface area contributed by atoms with E-state index >= 15 is 0 Å². The van der Waals surface area contributed by atoms with E-state index in [9.17, 15) is 4.79 Å². The lowest BCUT2D eigenvalue weighted by Crippen LogP contribution is -2.12. The number of carbonyl (C=O) groups is 1. The van der Waals surface area contributed by atoms with Gasteiger partial charge in [0.1, 0.15) is 0 Å². The molecular formula is C18H12BrClN6O. The fourth-order valence-corrected chi connectivity index (χ4v) is 2.93. The second-order valence-electron chi connectivity index (χ2n) is 5.59. The maximum Gasteiger partial charge on any atom is 0.261 e. The molecule has 0 aliphatic rings. The first-order chi connectivity index (χ1) is 13.1. The molecule has 4 rings (SSSR count).